The predicted molar refractivity (Wildman–Crippen MR) is 97.8 cm³/mol. The molecule has 0 bridgehead atoms. The first kappa shape index (κ1) is 18.3. The lowest BCUT2D eigenvalue weighted by Crippen LogP contribution is -2.55. The van der Waals surface area contributed by atoms with Crippen molar-refractivity contribution < 1.29 is 9.90 Å². The fourth-order valence-electron chi connectivity index (χ4n) is 3.54. The van der Waals surface area contributed by atoms with Crippen molar-refractivity contribution in [3.05, 3.63) is 35.5 Å². The van der Waals surface area contributed by atoms with Crippen LogP contribution in [0.1, 0.15) is 29.8 Å². The Labute approximate surface area is 153 Å². The Hall–Kier alpha value is -2.48. The molecule has 0 unspecified atom stereocenters. The van der Waals surface area contributed by atoms with Crippen LogP contribution in [-0.2, 0) is 11.2 Å². The highest BCUT2D eigenvalue weighted by molar-refractivity contribution is 5.79. The van der Waals surface area contributed by atoms with Gasteiger partial charge in [-0.15, -0.1) is 0 Å². The summed E-state index contributed by atoms with van der Waals surface area (Å²) in [7, 11) is 1.74. The number of nitrogens with zero attached hydrogens (tertiary/aromatic N) is 5. The maximum absolute atomic E-state index is 12.6. The highest BCUT2D eigenvalue weighted by atomic mass is 16.3. The van der Waals surface area contributed by atoms with Crippen LogP contribution < -0.4 is 4.90 Å². The first-order valence-electron chi connectivity index (χ1n) is 8.86. The minimum atomic E-state index is -0.958. The molecule has 1 atom stereocenters. The molecular formula is C18H26N6O2. The first-order chi connectivity index (χ1) is 12.4. The second kappa shape index (κ2) is 7.41. The summed E-state index contributed by atoms with van der Waals surface area (Å²) in [5.41, 5.74) is 1.73. The van der Waals surface area contributed by atoms with E-state index in [0.717, 1.165) is 35.7 Å². The normalized spacial score (nSPS) is 20.2. The summed E-state index contributed by atoms with van der Waals surface area (Å²) in [5, 5.41) is 18.1. The Kier molecular flexibility index (Phi) is 5.22. The Morgan fingerprint density at radius 1 is 1.42 bits per heavy atom. The van der Waals surface area contributed by atoms with E-state index in [9.17, 15) is 9.90 Å². The van der Waals surface area contributed by atoms with Gasteiger partial charge in [-0.05, 0) is 26.7 Å². The quantitative estimate of drug-likeness (QED) is 0.822. The van der Waals surface area contributed by atoms with E-state index in [4.69, 9.17) is 0 Å². The molecule has 3 rings (SSSR count). The number of nitrogens with one attached hydrogen (secondary N) is 1. The number of aromatic nitrogens is 4. The van der Waals surface area contributed by atoms with Crippen LogP contribution in [0, 0.1) is 13.8 Å². The number of rotatable bonds is 5. The number of anilines is 1. The number of amides is 1. The molecule has 0 radical (unpaired) electrons. The van der Waals surface area contributed by atoms with Gasteiger partial charge in [0.2, 0.25) is 5.91 Å². The molecular weight excluding hydrogens is 332 g/mol. The van der Waals surface area contributed by atoms with Gasteiger partial charge >= 0.3 is 0 Å². The second-order valence-electron chi connectivity index (χ2n) is 7.15. The standard InChI is InChI=1S/C18H26N6O2/c1-13-15(14(2)22-21-13)9-17(25)23(3)11-18(26)5-4-8-24(12-18)16-10-19-6-7-20-16/h6-7,10,26H,4-5,8-9,11-12H2,1-3H3,(H,21,22)/t18-/m0/s1. The van der Waals surface area contributed by atoms with E-state index in [1.165, 1.54) is 0 Å². The summed E-state index contributed by atoms with van der Waals surface area (Å²) in [6.45, 7) is 5.35. The number of H-pyrrole nitrogens is 1. The van der Waals surface area contributed by atoms with Crippen molar-refractivity contribution in [3.63, 3.8) is 0 Å². The van der Waals surface area contributed by atoms with Crippen molar-refractivity contribution in [2.45, 2.75) is 38.7 Å². The molecule has 1 amide bonds. The van der Waals surface area contributed by atoms with Crippen LogP contribution in [0.5, 0.6) is 0 Å². The number of aryl methyl sites for hydroxylation is 2. The SMILES string of the molecule is Cc1n[nH]c(C)c1CC(=O)N(C)C[C@@]1(O)CCCN(c2cnccn2)C1. The maximum atomic E-state index is 12.6. The number of piperidine rings is 1. The monoisotopic (exact) mass is 358 g/mol. The summed E-state index contributed by atoms with van der Waals surface area (Å²) in [6.07, 6.45) is 6.76. The summed E-state index contributed by atoms with van der Waals surface area (Å²) in [6, 6.07) is 0. The fourth-order valence-corrected chi connectivity index (χ4v) is 3.54. The molecule has 2 aromatic rings. The van der Waals surface area contributed by atoms with Crippen molar-refractivity contribution in [3.8, 4) is 0 Å². The molecule has 0 saturated carbocycles. The van der Waals surface area contributed by atoms with Crippen molar-refractivity contribution in [1.29, 1.82) is 0 Å². The van der Waals surface area contributed by atoms with Gasteiger partial charge in [0.25, 0.3) is 0 Å². The molecule has 0 spiro atoms. The third kappa shape index (κ3) is 4.01. The highest BCUT2D eigenvalue weighted by Gasteiger charge is 2.36. The van der Waals surface area contributed by atoms with Crippen LogP contribution >= 0.6 is 0 Å². The van der Waals surface area contributed by atoms with Gasteiger partial charge in [0.1, 0.15) is 5.82 Å². The smallest absolute Gasteiger partial charge is 0.226 e. The molecule has 140 valence electrons. The summed E-state index contributed by atoms with van der Waals surface area (Å²) < 4.78 is 0. The molecule has 2 aromatic heterocycles. The number of likely N-dealkylation sites (N-methyl/N-ethyl adjacent to an activating group) is 1. The fraction of sp³-hybridized carbons (Fsp3) is 0.556. The molecule has 3 heterocycles. The van der Waals surface area contributed by atoms with Crippen molar-refractivity contribution in [1.82, 2.24) is 25.1 Å². The molecule has 1 aliphatic rings. The van der Waals surface area contributed by atoms with Gasteiger partial charge in [-0.2, -0.15) is 5.10 Å². The Balaban J connectivity index is 1.64. The largest absolute Gasteiger partial charge is 0.386 e. The van der Waals surface area contributed by atoms with E-state index in [0.29, 0.717) is 19.5 Å². The zero-order valence-corrected chi connectivity index (χ0v) is 15.6. The molecule has 0 aliphatic carbocycles. The van der Waals surface area contributed by atoms with Crippen LogP contribution in [0.3, 0.4) is 0 Å². The van der Waals surface area contributed by atoms with Gasteiger partial charge in [-0.25, -0.2) is 4.98 Å². The van der Waals surface area contributed by atoms with Gasteiger partial charge in [-0.3, -0.25) is 14.9 Å². The topological polar surface area (TPSA) is 98.2 Å². The molecule has 1 saturated heterocycles. The predicted octanol–water partition coefficient (Wildman–Crippen LogP) is 0.849. The van der Waals surface area contributed by atoms with E-state index in [-0.39, 0.29) is 12.3 Å². The van der Waals surface area contributed by atoms with Gasteiger partial charge < -0.3 is 14.9 Å². The highest BCUT2D eigenvalue weighted by Crippen LogP contribution is 2.25. The van der Waals surface area contributed by atoms with E-state index in [1.54, 1.807) is 30.5 Å². The zero-order chi connectivity index (χ0) is 18.7. The molecule has 1 aliphatic heterocycles. The van der Waals surface area contributed by atoms with E-state index < -0.39 is 5.60 Å². The minimum Gasteiger partial charge on any atom is -0.386 e. The van der Waals surface area contributed by atoms with Crippen LogP contribution in [0.25, 0.3) is 0 Å². The lowest BCUT2D eigenvalue weighted by molar-refractivity contribution is -0.132. The summed E-state index contributed by atoms with van der Waals surface area (Å²) >= 11 is 0. The molecule has 8 heteroatoms. The Bertz CT molecular complexity index is 743. The zero-order valence-electron chi connectivity index (χ0n) is 15.6. The Morgan fingerprint density at radius 2 is 2.23 bits per heavy atom. The number of aromatic amines is 1. The summed E-state index contributed by atoms with van der Waals surface area (Å²) in [5.74, 6) is 0.729. The maximum Gasteiger partial charge on any atom is 0.226 e. The van der Waals surface area contributed by atoms with Gasteiger partial charge in [-0.1, -0.05) is 0 Å². The number of β-amino-alcohol motifs (C(OH)–C–C–N with tert-alkyl or cyclic N) is 1. The average Bonchev–Trinajstić information content (AvgIpc) is 2.94. The third-order valence-electron chi connectivity index (χ3n) is 4.99. The van der Waals surface area contributed by atoms with Crippen molar-refractivity contribution in [2.75, 3.05) is 31.6 Å². The first-order valence-corrected chi connectivity index (χ1v) is 8.86. The molecule has 2 N–H and O–H groups in total. The molecule has 26 heavy (non-hydrogen) atoms. The number of aliphatic hydroxyl groups is 1. The number of carbonyl (C=O) groups excluding carboxylic acids is 1. The van der Waals surface area contributed by atoms with E-state index in [2.05, 4.69) is 20.2 Å². The number of carbonyl (C=O) groups is 1. The van der Waals surface area contributed by atoms with Crippen molar-refractivity contribution >= 4 is 11.7 Å². The van der Waals surface area contributed by atoms with E-state index >= 15 is 0 Å². The lowest BCUT2D eigenvalue weighted by Gasteiger charge is -2.41. The second-order valence-corrected chi connectivity index (χ2v) is 7.15. The van der Waals surface area contributed by atoms with Crippen LogP contribution in [0.15, 0.2) is 18.6 Å². The number of hydrogen-bond donors (Lipinski definition) is 2. The lowest BCUT2D eigenvalue weighted by atomic mass is 9.92. The third-order valence-corrected chi connectivity index (χ3v) is 4.99. The van der Waals surface area contributed by atoms with Crippen LogP contribution in [0.2, 0.25) is 0 Å². The van der Waals surface area contributed by atoms with Crippen LogP contribution in [-0.4, -0.2) is 68.4 Å². The summed E-state index contributed by atoms with van der Waals surface area (Å²) in [4.78, 5) is 24.7. The minimum absolute atomic E-state index is 0.0253. The van der Waals surface area contributed by atoms with Crippen LogP contribution in [0.4, 0.5) is 5.82 Å². The Morgan fingerprint density at radius 3 is 2.88 bits per heavy atom. The van der Waals surface area contributed by atoms with Gasteiger partial charge in [0, 0.05) is 43.8 Å². The van der Waals surface area contributed by atoms with E-state index in [1.807, 2.05) is 18.7 Å². The molecule has 0 aromatic carbocycles. The average molecular weight is 358 g/mol. The van der Waals surface area contributed by atoms with Crippen molar-refractivity contribution in [2.24, 2.45) is 0 Å². The molecule has 1 fully saturated rings. The van der Waals surface area contributed by atoms with Gasteiger partial charge in [0.15, 0.2) is 0 Å². The molecule has 8 nitrogen and oxygen atoms in total. The number of hydrogen-bond acceptors (Lipinski definition) is 6. The van der Waals surface area contributed by atoms with Gasteiger partial charge in [0.05, 0.1) is 30.5 Å².